The van der Waals surface area contributed by atoms with Gasteiger partial charge in [0.25, 0.3) is 0 Å². The molecule has 0 aliphatic carbocycles. The molecule has 5 nitrogen and oxygen atoms in total. The quantitative estimate of drug-likeness (QED) is 0.807. The molecule has 0 amide bonds. The van der Waals surface area contributed by atoms with Crippen molar-refractivity contribution < 1.29 is 4.74 Å². The van der Waals surface area contributed by atoms with Gasteiger partial charge in [-0.3, -0.25) is 9.88 Å². The third-order valence-electron chi connectivity index (χ3n) is 3.43. The van der Waals surface area contributed by atoms with Crippen molar-refractivity contribution in [1.82, 2.24) is 20.1 Å². The number of pyridine rings is 1. The van der Waals surface area contributed by atoms with Crippen molar-refractivity contribution in [3.05, 3.63) is 24.0 Å². The van der Waals surface area contributed by atoms with Crippen LogP contribution in [0.1, 0.15) is 5.69 Å². The fourth-order valence-electron chi connectivity index (χ4n) is 2.15. The van der Waals surface area contributed by atoms with E-state index in [0.29, 0.717) is 0 Å². The van der Waals surface area contributed by atoms with Crippen LogP contribution in [0.3, 0.4) is 0 Å². The Balaban J connectivity index is 1.67. The molecule has 0 spiro atoms. The summed E-state index contributed by atoms with van der Waals surface area (Å²) in [6.45, 7) is 7.10. The van der Waals surface area contributed by atoms with E-state index in [1.54, 1.807) is 6.20 Å². The second kappa shape index (κ2) is 7.43. The van der Waals surface area contributed by atoms with Gasteiger partial charge in [0.1, 0.15) is 12.4 Å². The van der Waals surface area contributed by atoms with Crippen molar-refractivity contribution in [2.45, 2.75) is 6.54 Å². The van der Waals surface area contributed by atoms with E-state index in [9.17, 15) is 0 Å². The number of rotatable bonds is 6. The van der Waals surface area contributed by atoms with Crippen molar-refractivity contribution in [2.75, 3.05) is 53.4 Å². The molecule has 19 heavy (non-hydrogen) atoms. The lowest BCUT2D eigenvalue weighted by Gasteiger charge is -2.32. The van der Waals surface area contributed by atoms with Crippen LogP contribution >= 0.6 is 0 Å². The first kappa shape index (κ1) is 14.2. The van der Waals surface area contributed by atoms with Crippen LogP contribution in [-0.2, 0) is 6.54 Å². The molecule has 1 fully saturated rings. The lowest BCUT2D eigenvalue weighted by Crippen LogP contribution is -2.45. The Morgan fingerprint density at radius 2 is 2.05 bits per heavy atom. The van der Waals surface area contributed by atoms with Crippen molar-refractivity contribution in [3.8, 4) is 5.75 Å². The molecule has 2 heterocycles. The molecule has 0 unspecified atom stereocenters. The largest absolute Gasteiger partial charge is 0.491 e. The van der Waals surface area contributed by atoms with Gasteiger partial charge in [-0.1, -0.05) is 0 Å². The van der Waals surface area contributed by atoms with Crippen molar-refractivity contribution in [2.24, 2.45) is 0 Å². The number of nitrogens with zero attached hydrogens (tertiary/aromatic N) is 3. The first-order chi connectivity index (χ1) is 9.28. The highest BCUT2D eigenvalue weighted by Gasteiger charge is 2.13. The number of hydrogen-bond donors (Lipinski definition) is 1. The Morgan fingerprint density at radius 3 is 2.68 bits per heavy atom. The van der Waals surface area contributed by atoms with Crippen molar-refractivity contribution in [3.63, 3.8) is 0 Å². The lowest BCUT2D eigenvalue weighted by atomic mass is 10.3. The third kappa shape index (κ3) is 4.78. The summed E-state index contributed by atoms with van der Waals surface area (Å²) in [4.78, 5) is 9.15. The fraction of sp³-hybridized carbons (Fsp3) is 0.643. The lowest BCUT2D eigenvalue weighted by molar-refractivity contribution is 0.133. The average Bonchev–Trinajstić information content (AvgIpc) is 2.43. The number of piperazine rings is 1. The molecule has 1 aliphatic heterocycles. The van der Waals surface area contributed by atoms with Crippen LogP contribution in [0.2, 0.25) is 0 Å². The zero-order valence-electron chi connectivity index (χ0n) is 11.9. The maximum Gasteiger partial charge on any atom is 0.137 e. The van der Waals surface area contributed by atoms with Gasteiger partial charge in [-0.2, -0.15) is 0 Å². The highest BCUT2D eigenvalue weighted by Crippen LogP contribution is 2.09. The molecule has 106 valence electrons. The zero-order valence-corrected chi connectivity index (χ0v) is 11.9. The molecule has 1 aliphatic rings. The van der Waals surface area contributed by atoms with Gasteiger partial charge in [-0.25, -0.2) is 0 Å². The van der Waals surface area contributed by atoms with Gasteiger partial charge < -0.3 is 15.0 Å². The predicted molar refractivity (Wildman–Crippen MR) is 76.4 cm³/mol. The summed E-state index contributed by atoms with van der Waals surface area (Å²) in [6, 6.07) is 3.99. The summed E-state index contributed by atoms with van der Waals surface area (Å²) < 4.78 is 5.73. The maximum atomic E-state index is 5.73. The molecule has 2 rings (SSSR count). The third-order valence-corrected chi connectivity index (χ3v) is 3.43. The smallest absolute Gasteiger partial charge is 0.137 e. The number of aromatic nitrogens is 1. The second-order valence-electron chi connectivity index (χ2n) is 5.01. The summed E-state index contributed by atoms with van der Waals surface area (Å²) in [5.74, 6) is 0.856. The molecule has 0 saturated carbocycles. The van der Waals surface area contributed by atoms with E-state index in [1.807, 2.05) is 19.2 Å². The molecule has 1 saturated heterocycles. The highest BCUT2D eigenvalue weighted by atomic mass is 16.5. The summed E-state index contributed by atoms with van der Waals surface area (Å²) in [7, 11) is 4.09. The van der Waals surface area contributed by atoms with Gasteiger partial charge in [0, 0.05) is 39.3 Å². The molecule has 0 aromatic carbocycles. The summed E-state index contributed by atoms with van der Waals surface area (Å²) in [5, 5.41) is 3.08. The van der Waals surface area contributed by atoms with Gasteiger partial charge in [0.05, 0.1) is 11.9 Å². The Labute approximate surface area is 115 Å². The standard InChI is InChI=1S/C14H24N4O/c1-15-11-13-3-4-14(12-16-13)19-10-9-18-7-5-17(2)6-8-18/h3-4,12,15H,5-11H2,1-2H3. The molecule has 0 radical (unpaired) electrons. The van der Waals surface area contributed by atoms with E-state index < -0.39 is 0 Å². The van der Waals surface area contributed by atoms with Gasteiger partial charge in [0.15, 0.2) is 0 Å². The van der Waals surface area contributed by atoms with E-state index >= 15 is 0 Å². The molecule has 5 heteroatoms. The summed E-state index contributed by atoms with van der Waals surface area (Å²) >= 11 is 0. The Kier molecular flexibility index (Phi) is 5.57. The van der Waals surface area contributed by atoms with Crippen LogP contribution in [0.15, 0.2) is 18.3 Å². The van der Waals surface area contributed by atoms with Crippen LogP contribution in [0.25, 0.3) is 0 Å². The van der Waals surface area contributed by atoms with Crippen LogP contribution in [-0.4, -0.2) is 68.2 Å². The van der Waals surface area contributed by atoms with Gasteiger partial charge in [-0.05, 0) is 26.2 Å². The Bertz CT molecular complexity index is 360. The van der Waals surface area contributed by atoms with Gasteiger partial charge >= 0.3 is 0 Å². The van der Waals surface area contributed by atoms with Crippen LogP contribution < -0.4 is 10.1 Å². The Hall–Kier alpha value is -1.17. The fourth-order valence-corrected chi connectivity index (χ4v) is 2.15. The molecule has 1 aromatic heterocycles. The van der Waals surface area contributed by atoms with Gasteiger partial charge in [0.2, 0.25) is 0 Å². The highest BCUT2D eigenvalue weighted by molar-refractivity contribution is 5.19. The average molecular weight is 264 g/mol. The minimum atomic E-state index is 0.733. The van der Waals surface area contributed by atoms with Crippen LogP contribution in [0.5, 0.6) is 5.75 Å². The summed E-state index contributed by atoms with van der Waals surface area (Å²) in [5.41, 5.74) is 1.04. The summed E-state index contributed by atoms with van der Waals surface area (Å²) in [6.07, 6.45) is 1.80. The number of hydrogen-bond acceptors (Lipinski definition) is 5. The monoisotopic (exact) mass is 264 g/mol. The van der Waals surface area contributed by atoms with Gasteiger partial charge in [-0.15, -0.1) is 0 Å². The molecule has 1 aromatic rings. The second-order valence-corrected chi connectivity index (χ2v) is 5.01. The molecular formula is C14H24N4O. The first-order valence-electron chi connectivity index (χ1n) is 6.91. The number of nitrogens with one attached hydrogen (secondary N) is 1. The topological polar surface area (TPSA) is 40.6 Å². The minimum absolute atomic E-state index is 0.733. The molecule has 1 N–H and O–H groups in total. The van der Waals surface area contributed by atoms with Crippen molar-refractivity contribution in [1.29, 1.82) is 0 Å². The number of ether oxygens (including phenoxy) is 1. The SMILES string of the molecule is CNCc1ccc(OCCN2CCN(C)CC2)cn1. The predicted octanol–water partition coefficient (Wildman–Crippen LogP) is 0.427. The van der Waals surface area contributed by atoms with E-state index in [1.165, 1.54) is 0 Å². The van der Waals surface area contributed by atoms with E-state index in [0.717, 1.165) is 57.3 Å². The van der Waals surface area contributed by atoms with E-state index in [-0.39, 0.29) is 0 Å². The molecule has 0 bridgehead atoms. The number of likely N-dealkylation sites (N-methyl/N-ethyl adjacent to an activating group) is 1. The van der Waals surface area contributed by atoms with Crippen LogP contribution in [0, 0.1) is 0 Å². The molecule has 0 atom stereocenters. The first-order valence-corrected chi connectivity index (χ1v) is 6.91. The Morgan fingerprint density at radius 1 is 1.26 bits per heavy atom. The van der Waals surface area contributed by atoms with Crippen molar-refractivity contribution >= 4 is 0 Å². The zero-order chi connectivity index (χ0) is 13.5. The minimum Gasteiger partial charge on any atom is -0.491 e. The van der Waals surface area contributed by atoms with E-state index in [2.05, 4.69) is 27.1 Å². The van der Waals surface area contributed by atoms with Crippen LogP contribution in [0.4, 0.5) is 0 Å². The van der Waals surface area contributed by atoms with E-state index in [4.69, 9.17) is 4.74 Å². The molecular weight excluding hydrogens is 240 g/mol. The maximum absolute atomic E-state index is 5.73. The normalized spacial score (nSPS) is 17.6.